The smallest absolute Gasteiger partial charge is 0.265 e. The normalized spacial score (nSPS) is 14.0. The van der Waals surface area contributed by atoms with Gasteiger partial charge in [-0.2, -0.15) is 0 Å². The first-order chi connectivity index (χ1) is 10.4. The van der Waals surface area contributed by atoms with Gasteiger partial charge in [-0.15, -0.1) is 0 Å². The monoisotopic (exact) mass is 357 g/mol. The van der Waals surface area contributed by atoms with E-state index in [0.29, 0.717) is 24.4 Å². The van der Waals surface area contributed by atoms with Crippen LogP contribution in [-0.2, 0) is 16.4 Å². The molecule has 2 aromatic carbocycles. The van der Waals surface area contributed by atoms with Crippen molar-refractivity contribution < 1.29 is 13.2 Å². The number of ether oxygens (including phenoxy) is 1. The standard InChI is InChI=1S/C15H13Cl2NO3S/c1-21-14-8-12(17)15(9-11(14)16)22(19,20)18-7-6-10-4-2-3-5-13(10)18/h2-5,8-9H,6-7H2,1H3. The largest absolute Gasteiger partial charge is 0.495 e. The molecule has 1 heterocycles. The summed E-state index contributed by atoms with van der Waals surface area (Å²) < 4.78 is 32.2. The Morgan fingerprint density at radius 2 is 1.86 bits per heavy atom. The summed E-state index contributed by atoms with van der Waals surface area (Å²) in [7, 11) is -2.32. The summed E-state index contributed by atoms with van der Waals surface area (Å²) >= 11 is 12.2. The maximum absolute atomic E-state index is 12.9. The second kappa shape index (κ2) is 5.65. The quantitative estimate of drug-likeness (QED) is 0.840. The number of benzene rings is 2. The van der Waals surface area contributed by atoms with Crippen LogP contribution in [0.5, 0.6) is 5.75 Å². The predicted octanol–water partition coefficient (Wildman–Crippen LogP) is 3.75. The zero-order valence-corrected chi connectivity index (χ0v) is 14.0. The van der Waals surface area contributed by atoms with Crippen molar-refractivity contribution in [3.63, 3.8) is 0 Å². The Morgan fingerprint density at radius 1 is 1.14 bits per heavy atom. The molecule has 0 unspecified atom stereocenters. The highest BCUT2D eigenvalue weighted by Gasteiger charge is 2.32. The molecule has 1 aliphatic heterocycles. The zero-order chi connectivity index (χ0) is 15.9. The number of nitrogens with zero attached hydrogens (tertiary/aromatic N) is 1. The highest BCUT2D eigenvalue weighted by molar-refractivity contribution is 7.93. The van der Waals surface area contributed by atoms with Gasteiger partial charge in [0.2, 0.25) is 0 Å². The van der Waals surface area contributed by atoms with E-state index in [0.717, 1.165) is 5.56 Å². The first kappa shape index (κ1) is 15.5. The van der Waals surface area contributed by atoms with Gasteiger partial charge in [-0.3, -0.25) is 4.31 Å². The molecular weight excluding hydrogens is 345 g/mol. The van der Waals surface area contributed by atoms with E-state index in [1.54, 1.807) is 6.07 Å². The topological polar surface area (TPSA) is 46.6 Å². The van der Waals surface area contributed by atoms with Crippen molar-refractivity contribution >= 4 is 38.9 Å². The average molecular weight is 358 g/mol. The molecule has 0 saturated heterocycles. The van der Waals surface area contributed by atoms with Crippen molar-refractivity contribution in [2.24, 2.45) is 0 Å². The minimum atomic E-state index is -3.77. The molecule has 116 valence electrons. The van der Waals surface area contributed by atoms with Crippen LogP contribution in [0, 0.1) is 0 Å². The number of methoxy groups -OCH3 is 1. The van der Waals surface area contributed by atoms with Gasteiger partial charge in [-0.05, 0) is 24.1 Å². The molecule has 0 amide bonds. The van der Waals surface area contributed by atoms with Gasteiger partial charge >= 0.3 is 0 Å². The Hall–Kier alpha value is -1.43. The summed E-state index contributed by atoms with van der Waals surface area (Å²) in [6, 6.07) is 10.2. The van der Waals surface area contributed by atoms with Crippen molar-refractivity contribution in [3.8, 4) is 5.75 Å². The van der Waals surface area contributed by atoms with Gasteiger partial charge in [-0.1, -0.05) is 41.4 Å². The molecule has 0 saturated carbocycles. The molecule has 0 radical (unpaired) electrons. The Labute approximate surface area is 139 Å². The fourth-order valence-electron chi connectivity index (χ4n) is 2.54. The van der Waals surface area contributed by atoms with Crippen LogP contribution in [0.25, 0.3) is 0 Å². The molecule has 7 heteroatoms. The van der Waals surface area contributed by atoms with E-state index in [4.69, 9.17) is 27.9 Å². The van der Waals surface area contributed by atoms with Crippen molar-refractivity contribution in [1.82, 2.24) is 0 Å². The van der Waals surface area contributed by atoms with Crippen LogP contribution in [0.2, 0.25) is 10.0 Å². The van der Waals surface area contributed by atoms with Gasteiger partial charge in [0.25, 0.3) is 10.0 Å². The Bertz CT molecular complexity index is 837. The van der Waals surface area contributed by atoms with E-state index in [9.17, 15) is 8.42 Å². The molecule has 0 aliphatic carbocycles. The van der Waals surface area contributed by atoms with Crippen LogP contribution < -0.4 is 9.04 Å². The average Bonchev–Trinajstić information content (AvgIpc) is 2.93. The van der Waals surface area contributed by atoms with Gasteiger partial charge in [0, 0.05) is 12.6 Å². The van der Waals surface area contributed by atoms with Crippen molar-refractivity contribution in [2.75, 3.05) is 18.0 Å². The minimum absolute atomic E-state index is 0.0170. The second-order valence-corrected chi connectivity index (χ2v) is 7.52. The van der Waals surface area contributed by atoms with Gasteiger partial charge in [0.1, 0.15) is 10.6 Å². The molecule has 22 heavy (non-hydrogen) atoms. The third-order valence-corrected chi connectivity index (χ3v) is 6.19. The molecule has 0 N–H and O–H groups in total. The highest BCUT2D eigenvalue weighted by atomic mass is 35.5. The molecule has 1 aliphatic rings. The third-order valence-electron chi connectivity index (χ3n) is 3.62. The summed E-state index contributed by atoms with van der Waals surface area (Å²) in [5.41, 5.74) is 1.69. The fraction of sp³-hybridized carbons (Fsp3) is 0.200. The van der Waals surface area contributed by atoms with Crippen LogP contribution in [0.15, 0.2) is 41.3 Å². The lowest BCUT2D eigenvalue weighted by Gasteiger charge is -2.20. The Kier molecular flexibility index (Phi) is 3.97. The first-order valence-corrected chi connectivity index (χ1v) is 8.78. The van der Waals surface area contributed by atoms with E-state index in [1.807, 2.05) is 18.2 Å². The van der Waals surface area contributed by atoms with Crippen LogP contribution in [0.3, 0.4) is 0 Å². The number of hydrogen-bond donors (Lipinski definition) is 0. The minimum Gasteiger partial charge on any atom is -0.495 e. The maximum atomic E-state index is 12.9. The summed E-state index contributed by atoms with van der Waals surface area (Å²) in [4.78, 5) is -0.0170. The number of hydrogen-bond acceptors (Lipinski definition) is 3. The van der Waals surface area contributed by atoms with Gasteiger partial charge in [0.15, 0.2) is 0 Å². The molecule has 0 spiro atoms. The van der Waals surface area contributed by atoms with E-state index in [2.05, 4.69) is 0 Å². The van der Waals surface area contributed by atoms with Crippen LogP contribution in [-0.4, -0.2) is 22.1 Å². The van der Waals surface area contributed by atoms with E-state index >= 15 is 0 Å². The van der Waals surface area contributed by atoms with Crippen molar-refractivity contribution in [1.29, 1.82) is 0 Å². The summed E-state index contributed by atoms with van der Waals surface area (Å²) in [5, 5.41) is 0.295. The van der Waals surface area contributed by atoms with E-state index < -0.39 is 10.0 Å². The van der Waals surface area contributed by atoms with Crippen LogP contribution in [0.1, 0.15) is 5.56 Å². The summed E-state index contributed by atoms with van der Waals surface area (Å²) in [6.45, 7) is 0.391. The van der Waals surface area contributed by atoms with E-state index in [-0.39, 0.29) is 14.9 Å². The van der Waals surface area contributed by atoms with Crippen LogP contribution >= 0.6 is 23.2 Å². The lowest BCUT2D eigenvalue weighted by Crippen LogP contribution is -2.29. The lowest BCUT2D eigenvalue weighted by atomic mass is 10.2. The molecule has 0 atom stereocenters. The van der Waals surface area contributed by atoms with E-state index in [1.165, 1.54) is 23.5 Å². The van der Waals surface area contributed by atoms with Crippen molar-refractivity contribution in [3.05, 3.63) is 52.0 Å². The SMILES string of the molecule is COc1cc(Cl)c(S(=O)(=O)N2CCc3ccccc32)cc1Cl. The second-order valence-electron chi connectivity index (χ2n) is 4.87. The molecule has 0 fully saturated rings. The highest BCUT2D eigenvalue weighted by Crippen LogP contribution is 2.38. The Balaban J connectivity index is 2.11. The Morgan fingerprint density at radius 3 is 2.59 bits per heavy atom. The maximum Gasteiger partial charge on any atom is 0.265 e. The number of anilines is 1. The molecule has 0 aromatic heterocycles. The van der Waals surface area contributed by atoms with Gasteiger partial charge in [-0.25, -0.2) is 8.42 Å². The van der Waals surface area contributed by atoms with Gasteiger partial charge in [0.05, 0.1) is 22.8 Å². The number of sulfonamides is 1. The third kappa shape index (κ3) is 2.43. The van der Waals surface area contributed by atoms with Crippen LogP contribution in [0.4, 0.5) is 5.69 Å². The van der Waals surface area contributed by atoms with Crippen molar-refractivity contribution in [2.45, 2.75) is 11.3 Å². The van der Waals surface area contributed by atoms with Gasteiger partial charge < -0.3 is 4.74 Å². The number of para-hydroxylation sites is 1. The fourth-order valence-corrected chi connectivity index (χ4v) is 4.87. The number of rotatable bonds is 3. The summed E-state index contributed by atoms with van der Waals surface area (Å²) in [5.74, 6) is 0.340. The molecule has 3 rings (SSSR count). The predicted molar refractivity (Wildman–Crippen MR) is 87.7 cm³/mol. The molecule has 4 nitrogen and oxygen atoms in total. The lowest BCUT2D eigenvalue weighted by molar-refractivity contribution is 0.414. The molecular formula is C15H13Cl2NO3S. The molecule has 2 aromatic rings. The molecule has 0 bridgehead atoms. The summed E-state index contributed by atoms with van der Waals surface area (Å²) in [6.07, 6.45) is 0.677. The number of halogens is 2. The number of fused-ring (bicyclic) bond motifs is 1. The zero-order valence-electron chi connectivity index (χ0n) is 11.7. The first-order valence-electron chi connectivity index (χ1n) is 6.59.